The van der Waals surface area contributed by atoms with E-state index in [1.54, 1.807) is 0 Å². The van der Waals surface area contributed by atoms with Crippen LogP contribution in [-0.4, -0.2) is 23.5 Å². The maximum Gasteiger partial charge on any atom is 0.509 e. The van der Waals surface area contributed by atoms with Crippen molar-refractivity contribution in [2.45, 2.75) is 52.0 Å². The van der Waals surface area contributed by atoms with Crippen LogP contribution < -0.4 is 0 Å². The molecule has 0 bridgehead atoms. The number of hydrogen-bond donors (Lipinski definition) is 0. The molecule has 0 amide bonds. The third-order valence-electron chi connectivity index (χ3n) is 1.41. The first-order chi connectivity index (χ1) is 6.35. The lowest BCUT2D eigenvalue weighted by atomic mass is 10.1. The Hall–Kier alpha value is -0.940. The quantitative estimate of drug-likeness (QED) is 0.646. The number of ether oxygens (including phenoxy) is 2. The Kier molecular flexibility index (Phi) is 3.66. The highest BCUT2D eigenvalue weighted by molar-refractivity contribution is 5.61. The minimum atomic E-state index is -4.62. The molecule has 0 aliphatic rings. The van der Waals surface area contributed by atoms with Gasteiger partial charge < -0.3 is 9.47 Å². The van der Waals surface area contributed by atoms with Gasteiger partial charge in [-0.2, -0.15) is 13.2 Å². The molecule has 0 atom stereocenters. The molecule has 0 spiro atoms. The second-order valence-electron chi connectivity index (χ2n) is 4.57. The largest absolute Gasteiger partial charge is 0.509 e. The van der Waals surface area contributed by atoms with Gasteiger partial charge in [-0.3, -0.25) is 0 Å². The highest BCUT2D eigenvalue weighted by Crippen LogP contribution is 2.33. The number of hydrogen-bond acceptors (Lipinski definition) is 3. The first-order valence-electron chi connectivity index (χ1n) is 4.34. The second-order valence-corrected chi connectivity index (χ2v) is 4.57. The van der Waals surface area contributed by atoms with Gasteiger partial charge in [-0.05, 0) is 34.6 Å². The maximum atomic E-state index is 12.3. The van der Waals surface area contributed by atoms with Gasteiger partial charge in [-0.15, -0.1) is 0 Å². The molecule has 90 valence electrons. The number of carbonyl (C=O) groups excluding carboxylic acids is 1. The lowest BCUT2D eigenvalue weighted by Gasteiger charge is -2.29. The van der Waals surface area contributed by atoms with Crippen LogP contribution in [0.25, 0.3) is 0 Å². The van der Waals surface area contributed by atoms with Crippen LogP contribution in [0.1, 0.15) is 34.6 Å². The zero-order valence-corrected chi connectivity index (χ0v) is 9.36. The van der Waals surface area contributed by atoms with Crippen LogP contribution in [0.4, 0.5) is 18.0 Å². The fourth-order valence-corrected chi connectivity index (χ4v) is 0.537. The van der Waals surface area contributed by atoms with Gasteiger partial charge in [0.2, 0.25) is 5.60 Å². The molecule has 0 heterocycles. The fraction of sp³-hybridized carbons (Fsp3) is 0.889. The summed E-state index contributed by atoms with van der Waals surface area (Å²) < 4.78 is 45.7. The molecule has 0 unspecified atom stereocenters. The summed E-state index contributed by atoms with van der Waals surface area (Å²) in [5, 5.41) is 0. The van der Waals surface area contributed by atoms with Crippen LogP contribution in [0.15, 0.2) is 0 Å². The van der Waals surface area contributed by atoms with Crippen molar-refractivity contribution in [1.29, 1.82) is 0 Å². The molecule has 3 nitrogen and oxygen atoms in total. The zero-order valence-electron chi connectivity index (χ0n) is 9.36. The standard InChI is InChI=1S/C9H15F3O3/c1-7(2,3)14-6(13)15-8(4,5)9(10,11)12/h1-5H3. The van der Waals surface area contributed by atoms with Gasteiger partial charge in [0.05, 0.1) is 0 Å². The van der Waals surface area contributed by atoms with Crippen molar-refractivity contribution in [3.05, 3.63) is 0 Å². The van der Waals surface area contributed by atoms with E-state index in [0.717, 1.165) is 13.8 Å². The highest BCUT2D eigenvalue weighted by Gasteiger charge is 2.51. The fourth-order valence-electron chi connectivity index (χ4n) is 0.537. The molecule has 0 aromatic rings. The molecule has 0 rings (SSSR count). The minimum Gasteiger partial charge on any atom is -0.429 e. The maximum absolute atomic E-state index is 12.3. The molecule has 0 aliphatic carbocycles. The van der Waals surface area contributed by atoms with Crippen LogP contribution in [0.3, 0.4) is 0 Å². The Balaban J connectivity index is 4.43. The van der Waals surface area contributed by atoms with Gasteiger partial charge in [0, 0.05) is 0 Å². The monoisotopic (exact) mass is 228 g/mol. The Morgan fingerprint density at radius 3 is 1.60 bits per heavy atom. The molecule has 0 N–H and O–H groups in total. The van der Waals surface area contributed by atoms with Gasteiger partial charge in [-0.25, -0.2) is 4.79 Å². The molecule has 0 aromatic heterocycles. The summed E-state index contributed by atoms with van der Waals surface area (Å²) >= 11 is 0. The molecular formula is C9H15F3O3. The Morgan fingerprint density at radius 2 is 1.33 bits per heavy atom. The normalized spacial score (nSPS) is 13.6. The van der Waals surface area contributed by atoms with Crippen molar-refractivity contribution in [3.8, 4) is 0 Å². The van der Waals surface area contributed by atoms with Crippen molar-refractivity contribution in [2.24, 2.45) is 0 Å². The summed E-state index contributed by atoms with van der Waals surface area (Å²) in [6.07, 6.45) is -5.95. The second kappa shape index (κ2) is 3.90. The molecule has 15 heavy (non-hydrogen) atoms. The highest BCUT2D eigenvalue weighted by atomic mass is 19.4. The van der Waals surface area contributed by atoms with Crippen LogP contribution in [0, 0.1) is 0 Å². The van der Waals surface area contributed by atoms with E-state index < -0.39 is 23.5 Å². The lowest BCUT2D eigenvalue weighted by molar-refractivity contribution is -0.251. The van der Waals surface area contributed by atoms with E-state index in [-0.39, 0.29) is 0 Å². The predicted octanol–water partition coefficient (Wildman–Crippen LogP) is 3.28. The summed E-state index contributed by atoms with van der Waals surface area (Å²) in [6, 6.07) is 0. The first-order valence-corrected chi connectivity index (χ1v) is 4.34. The van der Waals surface area contributed by atoms with Gasteiger partial charge >= 0.3 is 12.3 Å². The van der Waals surface area contributed by atoms with E-state index in [4.69, 9.17) is 0 Å². The average molecular weight is 228 g/mol. The van der Waals surface area contributed by atoms with E-state index in [0.29, 0.717) is 0 Å². The van der Waals surface area contributed by atoms with Gasteiger partial charge in [0.1, 0.15) is 5.60 Å². The van der Waals surface area contributed by atoms with E-state index >= 15 is 0 Å². The van der Waals surface area contributed by atoms with Crippen LogP contribution in [-0.2, 0) is 9.47 Å². The van der Waals surface area contributed by atoms with Crippen molar-refractivity contribution in [2.75, 3.05) is 0 Å². The Bertz CT molecular complexity index is 238. The molecule has 0 aliphatic heterocycles. The topological polar surface area (TPSA) is 35.5 Å². The Morgan fingerprint density at radius 1 is 0.933 bits per heavy atom. The van der Waals surface area contributed by atoms with Crippen molar-refractivity contribution >= 4 is 6.16 Å². The van der Waals surface area contributed by atoms with E-state index in [9.17, 15) is 18.0 Å². The smallest absolute Gasteiger partial charge is 0.429 e. The van der Waals surface area contributed by atoms with Crippen molar-refractivity contribution < 1.29 is 27.4 Å². The van der Waals surface area contributed by atoms with E-state index in [1.807, 2.05) is 0 Å². The molecule has 0 radical (unpaired) electrons. The summed E-state index contributed by atoms with van der Waals surface area (Å²) in [4.78, 5) is 11.0. The summed E-state index contributed by atoms with van der Waals surface area (Å²) in [5.74, 6) is 0. The van der Waals surface area contributed by atoms with E-state index in [1.165, 1.54) is 20.8 Å². The molecule has 6 heteroatoms. The van der Waals surface area contributed by atoms with Gasteiger partial charge in [0.25, 0.3) is 0 Å². The van der Waals surface area contributed by atoms with Gasteiger partial charge in [0.15, 0.2) is 0 Å². The third-order valence-corrected chi connectivity index (χ3v) is 1.41. The third kappa shape index (κ3) is 4.90. The molecule has 0 aromatic carbocycles. The molecule has 0 fully saturated rings. The lowest BCUT2D eigenvalue weighted by Crippen LogP contribution is -2.44. The summed E-state index contributed by atoms with van der Waals surface area (Å²) in [5.41, 5.74) is -3.42. The first kappa shape index (κ1) is 14.1. The van der Waals surface area contributed by atoms with Crippen LogP contribution >= 0.6 is 0 Å². The SMILES string of the molecule is CC(C)(C)OC(=O)OC(C)(C)C(F)(F)F. The van der Waals surface area contributed by atoms with E-state index in [2.05, 4.69) is 9.47 Å². The van der Waals surface area contributed by atoms with Crippen LogP contribution in [0.5, 0.6) is 0 Å². The number of alkyl halides is 3. The van der Waals surface area contributed by atoms with Gasteiger partial charge in [-0.1, -0.05) is 0 Å². The molecule has 0 saturated carbocycles. The van der Waals surface area contributed by atoms with Crippen molar-refractivity contribution in [3.63, 3.8) is 0 Å². The minimum absolute atomic E-state index is 0.761. The number of halogens is 3. The number of rotatable bonds is 1. The van der Waals surface area contributed by atoms with Crippen molar-refractivity contribution in [1.82, 2.24) is 0 Å². The molecule has 0 saturated heterocycles. The Labute approximate surface area is 86.5 Å². The van der Waals surface area contributed by atoms with Crippen LogP contribution in [0.2, 0.25) is 0 Å². The molecular weight excluding hydrogens is 213 g/mol. The summed E-state index contributed by atoms with van der Waals surface area (Å²) in [7, 11) is 0. The summed E-state index contributed by atoms with van der Waals surface area (Å²) in [6.45, 7) is 6.13. The number of carbonyl (C=O) groups is 1. The zero-order chi connectivity index (χ0) is 12.5. The predicted molar refractivity (Wildman–Crippen MR) is 47.5 cm³/mol. The average Bonchev–Trinajstić information content (AvgIpc) is 1.75.